The highest BCUT2D eigenvalue weighted by molar-refractivity contribution is 6.30. The number of aromatic nitrogens is 1. The number of nitrogens with zero attached hydrogens (tertiary/aromatic N) is 1. The number of hydrogen-bond donors (Lipinski definition) is 0. The van der Waals surface area contributed by atoms with Crippen molar-refractivity contribution in [3.05, 3.63) is 70.9 Å². The predicted octanol–water partition coefficient (Wildman–Crippen LogP) is 4.64. The van der Waals surface area contributed by atoms with E-state index in [0.717, 1.165) is 10.8 Å². The van der Waals surface area contributed by atoms with Crippen LogP contribution in [0.25, 0.3) is 10.9 Å². The molecule has 0 saturated heterocycles. The molecule has 134 valence electrons. The lowest BCUT2D eigenvalue weighted by Gasteiger charge is -2.13. The summed E-state index contributed by atoms with van der Waals surface area (Å²) in [5.74, 6) is -6.04. The molecule has 3 aromatic rings. The first-order valence-corrected chi connectivity index (χ1v) is 8.20. The average Bonchev–Trinajstić information content (AvgIpc) is 3.02. The Kier molecular flexibility index (Phi) is 4.78. The molecular weight excluding hydrogens is 364 g/mol. The molecule has 0 amide bonds. The third kappa shape index (κ3) is 3.08. The zero-order valence-electron chi connectivity index (χ0n) is 13.7. The normalized spacial score (nSPS) is 11.5. The Bertz CT molecular complexity index is 980. The van der Waals surface area contributed by atoms with Crippen LogP contribution in [0, 0.1) is 0 Å². The molecule has 0 N–H and O–H groups in total. The molecule has 0 fully saturated rings. The standard InChI is InChI=1S/C19H14ClF2NO3/c1-2-26-18(25)19(21,22)15-11-23(16-6-4-3-5-14(15)16)17(24)12-7-9-13(20)10-8-12/h3-11H,2H2,1H3. The average molecular weight is 378 g/mol. The molecule has 1 aromatic heterocycles. The van der Waals surface area contributed by atoms with E-state index in [2.05, 4.69) is 4.74 Å². The summed E-state index contributed by atoms with van der Waals surface area (Å²) in [5.41, 5.74) is -0.0264. The van der Waals surface area contributed by atoms with E-state index < -0.39 is 23.4 Å². The van der Waals surface area contributed by atoms with Crippen molar-refractivity contribution >= 4 is 34.4 Å². The van der Waals surface area contributed by atoms with Gasteiger partial charge in [-0.3, -0.25) is 9.36 Å². The molecule has 7 heteroatoms. The number of carbonyl (C=O) groups excluding carboxylic acids is 2. The third-order valence-corrected chi connectivity index (χ3v) is 4.14. The summed E-state index contributed by atoms with van der Waals surface area (Å²) in [7, 11) is 0. The van der Waals surface area contributed by atoms with Gasteiger partial charge in [0.05, 0.1) is 17.7 Å². The number of para-hydroxylation sites is 1. The maximum atomic E-state index is 14.6. The van der Waals surface area contributed by atoms with Crippen LogP contribution in [0.4, 0.5) is 8.78 Å². The minimum absolute atomic E-state index is 0.105. The Balaban J connectivity index is 2.15. The van der Waals surface area contributed by atoms with Crippen molar-refractivity contribution in [2.24, 2.45) is 0 Å². The number of carbonyl (C=O) groups is 2. The summed E-state index contributed by atoms with van der Waals surface area (Å²) in [6.45, 7) is 1.28. The fourth-order valence-electron chi connectivity index (χ4n) is 2.66. The van der Waals surface area contributed by atoms with Crippen molar-refractivity contribution in [3.63, 3.8) is 0 Å². The Morgan fingerprint density at radius 1 is 1.12 bits per heavy atom. The summed E-state index contributed by atoms with van der Waals surface area (Å²) < 4.78 is 34.7. The Labute approximate surface area is 152 Å². The number of esters is 1. The van der Waals surface area contributed by atoms with Gasteiger partial charge in [0.1, 0.15) is 0 Å². The van der Waals surface area contributed by atoms with Gasteiger partial charge in [-0.2, -0.15) is 8.78 Å². The zero-order valence-corrected chi connectivity index (χ0v) is 14.5. The van der Waals surface area contributed by atoms with Gasteiger partial charge in [-0.05, 0) is 37.3 Å². The number of rotatable bonds is 4. The van der Waals surface area contributed by atoms with Crippen LogP contribution in [0.3, 0.4) is 0 Å². The SMILES string of the molecule is CCOC(=O)C(F)(F)c1cn(C(=O)c2ccc(Cl)cc2)c2ccccc12. The van der Waals surface area contributed by atoms with E-state index in [0.29, 0.717) is 5.02 Å². The maximum absolute atomic E-state index is 14.6. The number of fused-ring (bicyclic) bond motifs is 1. The molecule has 26 heavy (non-hydrogen) atoms. The number of halogens is 3. The van der Waals surface area contributed by atoms with Crippen LogP contribution in [-0.4, -0.2) is 23.1 Å². The molecule has 4 nitrogen and oxygen atoms in total. The lowest BCUT2D eigenvalue weighted by Crippen LogP contribution is -2.28. The Morgan fingerprint density at radius 3 is 2.42 bits per heavy atom. The van der Waals surface area contributed by atoms with Gasteiger partial charge in [0, 0.05) is 22.2 Å². The van der Waals surface area contributed by atoms with E-state index >= 15 is 0 Å². The van der Waals surface area contributed by atoms with Crippen molar-refractivity contribution in [1.29, 1.82) is 0 Å². The Morgan fingerprint density at radius 2 is 1.77 bits per heavy atom. The van der Waals surface area contributed by atoms with E-state index in [-0.39, 0.29) is 23.1 Å². The van der Waals surface area contributed by atoms with E-state index in [1.165, 1.54) is 43.3 Å². The van der Waals surface area contributed by atoms with Gasteiger partial charge >= 0.3 is 11.9 Å². The van der Waals surface area contributed by atoms with Crippen LogP contribution < -0.4 is 0 Å². The lowest BCUT2D eigenvalue weighted by atomic mass is 10.1. The summed E-state index contributed by atoms with van der Waals surface area (Å²) >= 11 is 5.82. The van der Waals surface area contributed by atoms with Crippen LogP contribution in [0.2, 0.25) is 5.02 Å². The van der Waals surface area contributed by atoms with E-state index in [1.54, 1.807) is 12.1 Å². The van der Waals surface area contributed by atoms with Crippen LogP contribution >= 0.6 is 11.6 Å². The molecule has 2 aromatic carbocycles. The number of alkyl halides is 2. The molecule has 0 aliphatic rings. The second-order valence-corrected chi connectivity index (χ2v) is 5.97. The van der Waals surface area contributed by atoms with Gasteiger partial charge < -0.3 is 4.74 Å². The third-order valence-electron chi connectivity index (χ3n) is 3.89. The van der Waals surface area contributed by atoms with E-state index in [1.807, 2.05) is 0 Å². The summed E-state index contributed by atoms with van der Waals surface area (Å²) in [6.07, 6.45) is 0.985. The molecule has 3 rings (SSSR count). The molecule has 0 saturated carbocycles. The van der Waals surface area contributed by atoms with Gasteiger partial charge in [-0.25, -0.2) is 4.79 Å². The molecule has 0 spiro atoms. The van der Waals surface area contributed by atoms with Crippen LogP contribution in [0.15, 0.2) is 54.7 Å². The van der Waals surface area contributed by atoms with Crippen LogP contribution in [0.1, 0.15) is 22.8 Å². The molecule has 0 aliphatic carbocycles. The topological polar surface area (TPSA) is 48.3 Å². The fourth-order valence-corrected chi connectivity index (χ4v) is 2.79. The van der Waals surface area contributed by atoms with Gasteiger partial charge in [0.2, 0.25) is 0 Å². The molecule has 0 unspecified atom stereocenters. The first kappa shape index (κ1) is 18.1. The molecule has 0 radical (unpaired) electrons. The lowest BCUT2D eigenvalue weighted by molar-refractivity contribution is -0.172. The van der Waals surface area contributed by atoms with E-state index in [9.17, 15) is 18.4 Å². The second kappa shape index (κ2) is 6.88. The summed E-state index contributed by atoms with van der Waals surface area (Å²) in [5, 5.41) is 0.557. The second-order valence-electron chi connectivity index (χ2n) is 5.54. The first-order chi connectivity index (χ1) is 12.4. The molecule has 0 bridgehead atoms. The van der Waals surface area contributed by atoms with Crippen molar-refractivity contribution in [1.82, 2.24) is 4.57 Å². The molecule has 0 aliphatic heterocycles. The van der Waals surface area contributed by atoms with Crippen molar-refractivity contribution in [2.75, 3.05) is 6.61 Å². The van der Waals surface area contributed by atoms with Crippen LogP contribution in [-0.2, 0) is 15.5 Å². The van der Waals surface area contributed by atoms with Gasteiger partial charge in [-0.1, -0.05) is 29.8 Å². The van der Waals surface area contributed by atoms with Gasteiger partial charge in [0.25, 0.3) is 5.91 Å². The fraction of sp³-hybridized carbons (Fsp3) is 0.158. The van der Waals surface area contributed by atoms with Gasteiger partial charge in [0.15, 0.2) is 0 Å². The smallest absolute Gasteiger partial charge is 0.382 e. The Hall–Kier alpha value is -2.73. The highest BCUT2D eigenvalue weighted by atomic mass is 35.5. The first-order valence-electron chi connectivity index (χ1n) is 7.82. The molecule has 1 heterocycles. The highest BCUT2D eigenvalue weighted by Crippen LogP contribution is 2.36. The molecular formula is C19H14ClF2NO3. The molecule has 0 atom stereocenters. The largest absolute Gasteiger partial charge is 0.461 e. The minimum atomic E-state index is -3.87. The maximum Gasteiger partial charge on any atom is 0.382 e. The summed E-state index contributed by atoms with van der Waals surface area (Å²) in [6, 6.07) is 12.2. The monoisotopic (exact) mass is 377 g/mol. The summed E-state index contributed by atoms with van der Waals surface area (Å²) in [4.78, 5) is 24.5. The number of benzene rings is 2. The van der Waals surface area contributed by atoms with Crippen LogP contribution in [0.5, 0.6) is 0 Å². The zero-order chi connectivity index (χ0) is 18.9. The van der Waals surface area contributed by atoms with Crippen molar-refractivity contribution in [2.45, 2.75) is 12.8 Å². The predicted molar refractivity (Wildman–Crippen MR) is 93.6 cm³/mol. The quantitative estimate of drug-likeness (QED) is 0.622. The number of hydrogen-bond acceptors (Lipinski definition) is 3. The highest BCUT2D eigenvalue weighted by Gasteiger charge is 2.45. The van der Waals surface area contributed by atoms with Crippen molar-refractivity contribution < 1.29 is 23.1 Å². The van der Waals surface area contributed by atoms with Gasteiger partial charge in [-0.15, -0.1) is 0 Å². The number of ether oxygens (including phenoxy) is 1. The van der Waals surface area contributed by atoms with E-state index in [4.69, 9.17) is 11.6 Å². The minimum Gasteiger partial charge on any atom is -0.461 e. The van der Waals surface area contributed by atoms with Crippen molar-refractivity contribution in [3.8, 4) is 0 Å².